The van der Waals surface area contributed by atoms with E-state index < -0.39 is 0 Å². The number of carbonyl (C=O) groups is 2. The molecule has 0 radical (unpaired) electrons. The first kappa shape index (κ1) is 18.0. The molecule has 1 N–H and O–H groups in total. The quantitative estimate of drug-likeness (QED) is 0.774. The summed E-state index contributed by atoms with van der Waals surface area (Å²) in [6.45, 7) is 7.02. The Hall–Kier alpha value is -1.01. The van der Waals surface area contributed by atoms with E-state index in [0.717, 1.165) is 45.4 Å². The molecule has 2 fully saturated rings. The number of esters is 1. The van der Waals surface area contributed by atoms with Crippen LogP contribution in [0.3, 0.4) is 0 Å². The molecule has 2 saturated heterocycles. The van der Waals surface area contributed by atoms with Gasteiger partial charge >= 0.3 is 12.0 Å². The molecule has 2 heterocycles. The van der Waals surface area contributed by atoms with E-state index in [1.807, 2.05) is 16.7 Å². The van der Waals surface area contributed by atoms with E-state index in [-0.39, 0.29) is 30.3 Å². The van der Waals surface area contributed by atoms with Gasteiger partial charge in [0.25, 0.3) is 0 Å². The first-order valence-electron chi connectivity index (χ1n) is 7.63. The van der Waals surface area contributed by atoms with Gasteiger partial charge in [0.2, 0.25) is 0 Å². The van der Waals surface area contributed by atoms with Crippen molar-refractivity contribution >= 4 is 24.4 Å². The van der Waals surface area contributed by atoms with Gasteiger partial charge < -0.3 is 19.9 Å². The molecule has 0 aromatic carbocycles. The van der Waals surface area contributed by atoms with Crippen LogP contribution in [-0.2, 0) is 9.53 Å². The number of likely N-dealkylation sites (tertiary alicyclic amines) is 1. The summed E-state index contributed by atoms with van der Waals surface area (Å²) in [5, 5.41) is 3.30. The highest BCUT2D eigenvalue weighted by Gasteiger charge is 2.30. The number of hydrogen-bond donors (Lipinski definition) is 1. The van der Waals surface area contributed by atoms with E-state index >= 15 is 0 Å². The lowest BCUT2D eigenvalue weighted by molar-refractivity contribution is -0.149. The van der Waals surface area contributed by atoms with Crippen molar-refractivity contribution < 1.29 is 14.3 Å². The van der Waals surface area contributed by atoms with Gasteiger partial charge in [-0.1, -0.05) is 0 Å². The minimum atomic E-state index is -0.112. The normalized spacial score (nSPS) is 20.4. The third-order valence-electron chi connectivity index (χ3n) is 4.00. The van der Waals surface area contributed by atoms with Gasteiger partial charge in [0.15, 0.2) is 0 Å². The van der Waals surface area contributed by atoms with Gasteiger partial charge in [0.05, 0.1) is 12.5 Å². The molecular formula is C14H26ClN3O3. The van der Waals surface area contributed by atoms with Crippen LogP contribution < -0.4 is 5.32 Å². The van der Waals surface area contributed by atoms with Crippen molar-refractivity contribution in [2.24, 2.45) is 5.92 Å². The molecule has 0 aromatic rings. The zero-order chi connectivity index (χ0) is 14.4. The molecule has 0 saturated carbocycles. The van der Waals surface area contributed by atoms with Gasteiger partial charge in [-0.05, 0) is 32.7 Å². The molecule has 0 unspecified atom stereocenters. The Morgan fingerprint density at radius 1 is 1.10 bits per heavy atom. The summed E-state index contributed by atoms with van der Waals surface area (Å²) in [4.78, 5) is 27.9. The van der Waals surface area contributed by atoms with Gasteiger partial charge in [-0.2, -0.15) is 0 Å². The largest absolute Gasteiger partial charge is 0.466 e. The number of amides is 2. The van der Waals surface area contributed by atoms with Gasteiger partial charge in [-0.25, -0.2) is 4.79 Å². The number of halogens is 1. The van der Waals surface area contributed by atoms with Crippen molar-refractivity contribution in [3.05, 3.63) is 0 Å². The molecule has 7 heteroatoms. The van der Waals surface area contributed by atoms with E-state index in [1.165, 1.54) is 0 Å². The Kier molecular flexibility index (Phi) is 7.82. The molecule has 0 aliphatic carbocycles. The predicted octanol–water partition coefficient (Wildman–Crippen LogP) is 1.10. The fourth-order valence-electron chi connectivity index (χ4n) is 2.80. The fraction of sp³-hybridized carbons (Fsp3) is 0.857. The number of piperidine rings is 1. The van der Waals surface area contributed by atoms with Crippen molar-refractivity contribution in [2.45, 2.75) is 26.2 Å². The highest BCUT2D eigenvalue weighted by Crippen LogP contribution is 2.20. The molecule has 0 atom stereocenters. The summed E-state index contributed by atoms with van der Waals surface area (Å²) >= 11 is 0. The Balaban J connectivity index is 0.00000220. The zero-order valence-corrected chi connectivity index (χ0v) is 13.5. The average Bonchev–Trinajstić information content (AvgIpc) is 2.76. The lowest BCUT2D eigenvalue weighted by Gasteiger charge is -2.34. The summed E-state index contributed by atoms with van der Waals surface area (Å²) in [6, 6.07) is 0.121. The Morgan fingerprint density at radius 3 is 2.43 bits per heavy atom. The topological polar surface area (TPSA) is 61.9 Å². The van der Waals surface area contributed by atoms with Crippen LogP contribution in [0.5, 0.6) is 0 Å². The van der Waals surface area contributed by atoms with Gasteiger partial charge in [0, 0.05) is 32.7 Å². The summed E-state index contributed by atoms with van der Waals surface area (Å²) in [5.41, 5.74) is 0. The van der Waals surface area contributed by atoms with Crippen LogP contribution in [0.25, 0.3) is 0 Å². The number of ether oxygens (including phenoxy) is 1. The number of rotatable bonds is 2. The summed E-state index contributed by atoms with van der Waals surface area (Å²) in [6.07, 6.45) is 2.44. The van der Waals surface area contributed by atoms with E-state index in [0.29, 0.717) is 19.7 Å². The third kappa shape index (κ3) is 5.04. The molecule has 2 rings (SSSR count). The number of nitrogens with zero attached hydrogens (tertiary/aromatic N) is 2. The third-order valence-corrected chi connectivity index (χ3v) is 4.00. The molecule has 2 aliphatic rings. The van der Waals surface area contributed by atoms with Crippen molar-refractivity contribution in [1.29, 1.82) is 0 Å². The molecule has 122 valence electrons. The molecule has 0 spiro atoms. The van der Waals surface area contributed by atoms with Crippen molar-refractivity contribution in [2.75, 3.05) is 45.9 Å². The van der Waals surface area contributed by atoms with Crippen LogP contribution in [-0.4, -0.2) is 67.7 Å². The Labute approximate surface area is 132 Å². The average molecular weight is 320 g/mol. The van der Waals surface area contributed by atoms with Crippen LogP contribution in [0.1, 0.15) is 26.2 Å². The zero-order valence-electron chi connectivity index (χ0n) is 12.7. The molecule has 2 aliphatic heterocycles. The Morgan fingerprint density at radius 2 is 1.76 bits per heavy atom. The van der Waals surface area contributed by atoms with Crippen LogP contribution in [0.4, 0.5) is 4.79 Å². The summed E-state index contributed by atoms with van der Waals surface area (Å²) in [5.74, 6) is -0.150. The smallest absolute Gasteiger partial charge is 0.320 e. The minimum absolute atomic E-state index is 0. The van der Waals surface area contributed by atoms with Crippen LogP contribution >= 0.6 is 12.4 Å². The van der Waals surface area contributed by atoms with Gasteiger partial charge in [-0.3, -0.25) is 4.79 Å². The first-order valence-corrected chi connectivity index (χ1v) is 7.63. The fourth-order valence-corrected chi connectivity index (χ4v) is 2.80. The van der Waals surface area contributed by atoms with Crippen molar-refractivity contribution in [3.8, 4) is 0 Å². The van der Waals surface area contributed by atoms with E-state index in [1.54, 1.807) is 0 Å². The monoisotopic (exact) mass is 319 g/mol. The second-order valence-corrected chi connectivity index (χ2v) is 5.39. The number of hydrogen-bond acceptors (Lipinski definition) is 4. The summed E-state index contributed by atoms with van der Waals surface area (Å²) < 4.78 is 5.05. The number of carbonyl (C=O) groups excluding carboxylic acids is 2. The van der Waals surface area contributed by atoms with Crippen molar-refractivity contribution in [1.82, 2.24) is 15.1 Å². The first-order chi connectivity index (χ1) is 9.72. The van der Waals surface area contributed by atoms with Gasteiger partial charge in [0.1, 0.15) is 0 Å². The molecule has 0 aromatic heterocycles. The van der Waals surface area contributed by atoms with Gasteiger partial charge in [-0.15, -0.1) is 12.4 Å². The van der Waals surface area contributed by atoms with E-state index in [4.69, 9.17) is 4.74 Å². The van der Waals surface area contributed by atoms with Crippen molar-refractivity contribution in [3.63, 3.8) is 0 Å². The number of urea groups is 1. The SMILES string of the molecule is CCOC(=O)C1CCN(C(=O)N2CCCNCC2)CC1.Cl. The highest BCUT2D eigenvalue weighted by atomic mass is 35.5. The molecule has 21 heavy (non-hydrogen) atoms. The highest BCUT2D eigenvalue weighted by molar-refractivity contribution is 5.85. The minimum Gasteiger partial charge on any atom is -0.466 e. The maximum Gasteiger partial charge on any atom is 0.320 e. The predicted molar refractivity (Wildman–Crippen MR) is 82.6 cm³/mol. The molecule has 6 nitrogen and oxygen atoms in total. The number of nitrogens with one attached hydrogen (secondary N) is 1. The maximum atomic E-state index is 12.4. The summed E-state index contributed by atoms with van der Waals surface area (Å²) in [7, 11) is 0. The second-order valence-electron chi connectivity index (χ2n) is 5.39. The lowest BCUT2D eigenvalue weighted by Crippen LogP contribution is -2.48. The van der Waals surface area contributed by atoms with Crippen LogP contribution in [0.15, 0.2) is 0 Å². The van der Waals surface area contributed by atoms with E-state index in [2.05, 4.69) is 5.32 Å². The van der Waals surface area contributed by atoms with Crippen LogP contribution in [0, 0.1) is 5.92 Å². The molecule has 2 amide bonds. The van der Waals surface area contributed by atoms with E-state index in [9.17, 15) is 9.59 Å². The standard InChI is InChI=1S/C14H25N3O3.ClH/c1-2-20-13(18)12-4-9-17(10-5-12)14(19)16-8-3-6-15-7-11-16;/h12,15H,2-11H2,1H3;1H. The second kappa shape index (κ2) is 9.10. The maximum absolute atomic E-state index is 12.4. The Bertz CT molecular complexity index is 338. The van der Waals surface area contributed by atoms with Crippen LogP contribution in [0.2, 0.25) is 0 Å². The lowest BCUT2D eigenvalue weighted by atomic mass is 9.97. The molecular weight excluding hydrogens is 294 g/mol. The molecule has 0 bridgehead atoms.